The molecule has 2 aromatic carbocycles. The van der Waals surface area contributed by atoms with Crippen molar-refractivity contribution in [2.75, 3.05) is 3.59 Å². The van der Waals surface area contributed by atoms with Crippen molar-refractivity contribution in [3.05, 3.63) is 65.2 Å². The van der Waals surface area contributed by atoms with Crippen molar-refractivity contribution in [3.63, 3.8) is 0 Å². The molecule has 0 saturated carbocycles. The zero-order valence-electron chi connectivity index (χ0n) is 10.9. The van der Waals surface area contributed by atoms with Crippen LogP contribution in [0.15, 0.2) is 54.1 Å². The molecule has 0 bridgehead atoms. The van der Waals surface area contributed by atoms with Gasteiger partial charge in [-0.15, -0.1) is 0 Å². The van der Waals surface area contributed by atoms with Crippen LogP contribution in [0.5, 0.6) is 0 Å². The van der Waals surface area contributed by atoms with Crippen LogP contribution in [-0.2, 0) is 23.2 Å². The molecule has 94 valence electrons. The molecule has 2 heteroatoms. The second kappa shape index (κ2) is 5.77. The average Bonchev–Trinajstić information content (AvgIpc) is 2.77. The summed E-state index contributed by atoms with van der Waals surface area (Å²) < 4.78 is 1.55. The quantitative estimate of drug-likeness (QED) is 0.679. The first-order valence-electron chi connectivity index (χ1n) is 6.47. The van der Waals surface area contributed by atoms with E-state index < -0.39 is 23.2 Å². The Hall–Kier alpha value is -0.647. The van der Waals surface area contributed by atoms with E-state index in [1.54, 1.807) is 0 Å². The van der Waals surface area contributed by atoms with Crippen LogP contribution in [0.4, 0.5) is 0 Å². The molecule has 0 aliphatic heterocycles. The molecular formula is C17H15ClZr. The summed E-state index contributed by atoms with van der Waals surface area (Å²) in [7, 11) is 0. The van der Waals surface area contributed by atoms with Crippen molar-refractivity contribution in [1.82, 2.24) is 0 Å². The summed E-state index contributed by atoms with van der Waals surface area (Å²) in [5.74, 6) is 0. The molecule has 19 heavy (non-hydrogen) atoms. The second-order valence-electron chi connectivity index (χ2n) is 4.83. The molecule has 0 spiro atoms. The molecule has 2 aromatic rings. The van der Waals surface area contributed by atoms with Gasteiger partial charge in [-0.25, -0.2) is 0 Å². The Balaban J connectivity index is 2.12. The van der Waals surface area contributed by atoms with Gasteiger partial charge in [-0.05, 0) is 0 Å². The van der Waals surface area contributed by atoms with Crippen LogP contribution >= 0.6 is 11.6 Å². The minimum atomic E-state index is -0.543. The minimum absolute atomic E-state index is 0.543. The Labute approximate surface area is 131 Å². The van der Waals surface area contributed by atoms with Crippen LogP contribution in [0, 0.1) is 0 Å². The van der Waals surface area contributed by atoms with Crippen molar-refractivity contribution < 1.29 is 23.2 Å². The maximum absolute atomic E-state index is 6.02. The summed E-state index contributed by atoms with van der Waals surface area (Å²) in [6.45, 7) is 2.26. The van der Waals surface area contributed by atoms with Gasteiger partial charge in [0.15, 0.2) is 0 Å². The number of hydrogen-bond donors (Lipinski definition) is 0. The molecule has 1 unspecified atom stereocenters. The fourth-order valence-corrected chi connectivity index (χ4v) is 6.22. The molecule has 0 radical (unpaired) electrons. The summed E-state index contributed by atoms with van der Waals surface area (Å²) in [4.78, 5) is 0. The van der Waals surface area contributed by atoms with Crippen molar-refractivity contribution in [1.29, 1.82) is 0 Å². The summed E-state index contributed by atoms with van der Waals surface area (Å²) in [5, 5.41) is 0. The summed E-state index contributed by atoms with van der Waals surface area (Å²) >= 11 is 5.48. The molecule has 1 aliphatic rings. The van der Waals surface area contributed by atoms with Crippen molar-refractivity contribution in [2.45, 2.75) is 10.5 Å². The van der Waals surface area contributed by atoms with Gasteiger partial charge in [0.25, 0.3) is 0 Å². The van der Waals surface area contributed by atoms with Gasteiger partial charge in [-0.3, -0.25) is 0 Å². The summed E-state index contributed by atoms with van der Waals surface area (Å²) in [6.07, 6.45) is 2.37. The van der Waals surface area contributed by atoms with Crippen molar-refractivity contribution in [3.8, 4) is 11.1 Å². The molecule has 0 fully saturated rings. The van der Waals surface area contributed by atoms with Crippen LogP contribution in [0.25, 0.3) is 17.2 Å². The van der Waals surface area contributed by atoms with E-state index in [1.807, 2.05) is 0 Å². The number of hydrogen-bond acceptors (Lipinski definition) is 0. The number of fused-ring (bicyclic) bond motifs is 1. The van der Waals surface area contributed by atoms with Gasteiger partial charge in [-0.2, -0.15) is 0 Å². The first-order chi connectivity index (χ1) is 9.31. The van der Waals surface area contributed by atoms with Gasteiger partial charge >= 0.3 is 131 Å². The summed E-state index contributed by atoms with van der Waals surface area (Å²) in [5.41, 5.74) is 7.09. The molecule has 1 atom stereocenters. The van der Waals surface area contributed by atoms with E-state index in [0.717, 1.165) is 3.59 Å². The van der Waals surface area contributed by atoms with E-state index >= 15 is 0 Å². The molecule has 0 heterocycles. The third kappa shape index (κ3) is 2.51. The fraction of sp³-hybridized carbons (Fsp3) is 0.176. The van der Waals surface area contributed by atoms with E-state index in [9.17, 15) is 0 Å². The molecular weight excluding hydrogens is 331 g/mol. The van der Waals surface area contributed by atoms with E-state index in [2.05, 4.69) is 61.5 Å². The molecule has 0 aromatic heterocycles. The topological polar surface area (TPSA) is 0 Å². The van der Waals surface area contributed by atoms with Gasteiger partial charge in [0.05, 0.1) is 0 Å². The number of rotatable bonds is 3. The van der Waals surface area contributed by atoms with E-state index in [0.29, 0.717) is 3.63 Å². The van der Waals surface area contributed by atoms with Crippen LogP contribution in [0.3, 0.4) is 0 Å². The van der Waals surface area contributed by atoms with Gasteiger partial charge in [0, 0.05) is 0 Å². The standard InChI is InChI=1S/C16H13.CH2Cl.Zr/c1-12-10-14-8-5-9-15(16(14)11-12)13-6-3-2-4-7-13;1-2;/h2-11H,1H3;1H2;. The van der Waals surface area contributed by atoms with Crippen LogP contribution in [-0.4, -0.2) is 3.59 Å². The Morgan fingerprint density at radius 2 is 1.84 bits per heavy atom. The number of allylic oxidation sites excluding steroid dienone is 1. The summed E-state index contributed by atoms with van der Waals surface area (Å²) in [6, 6.07) is 17.4. The monoisotopic (exact) mass is 344 g/mol. The van der Waals surface area contributed by atoms with Gasteiger partial charge < -0.3 is 0 Å². The maximum atomic E-state index is 6.02. The van der Waals surface area contributed by atoms with Crippen LogP contribution in [0.1, 0.15) is 21.7 Å². The Kier molecular flexibility index (Phi) is 4.05. The second-order valence-corrected chi connectivity index (χ2v) is 9.49. The molecule has 0 amide bonds. The molecule has 0 saturated heterocycles. The van der Waals surface area contributed by atoms with Crippen LogP contribution in [0.2, 0.25) is 0 Å². The molecule has 1 aliphatic carbocycles. The zero-order chi connectivity index (χ0) is 13.2. The SMILES string of the molecule is CC1=Cc2c(-c3ccccc3)cccc2[CH]1[Zr][CH2]Cl. The molecule has 3 rings (SSSR count). The van der Waals surface area contributed by atoms with Crippen LogP contribution < -0.4 is 0 Å². The van der Waals surface area contributed by atoms with Gasteiger partial charge in [0.2, 0.25) is 0 Å². The zero-order valence-corrected chi connectivity index (χ0v) is 14.1. The Bertz CT molecular complexity index is 616. The molecule has 0 N–H and O–H groups in total. The third-order valence-electron chi connectivity index (χ3n) is 3.64. The van der Waals surface area contributed by atoms with Crippen molar-refractivity contribution in [2.24, 2.45) is 0 Å². The average molecular weight is 346 g/mol. The molecule has 0 nitrogen and oxygen atoms in total. The first kappa shape index (κ1) is 13.3. The van der Waals surface area contributed by atoms with Crippen molar-refractivity contribution >= 4 is 17.7 Å². The number of alkyl halides is 1. The number of benzene rings is 2. The predicted octanol–water partition coefficient (Wildman–Crippen LogP) is 5.09. The van der Waals surface area contributed by atoms with Gasteiger partial charge in [0.1, 0.15) is 0 Å². The third-order valence-corrected chi connectivity index (χ3v) is 7.82. The Morgan fingerprint density at radius 1 is 1.05 bits per heavy atom. The fourth-order valence-electron chi connectivity index (χ4n) is 2.77. The van der Waals surface area contributed by atoms with E-state index in [1.165, 1.54) is 27.8 Å². The first-order valence-corrected chi connectivity index (χ1v) is 10.2. The normalized spacial score (nSPS) is 16.9. The predicted molar refractivity (Wildman–Crippen MR) is 79.0 cm³/mol. The van der Waals surface area contributed by atoms with Gasteiger partial charge in [-0.1, -0.05) is 0 Å². The van der Waals surface area contributed by atoms with E-state index in [4.69, 9.17) is 11.6 Å². The number of halogens is 1. The van der Waals surface area contributed by atoms with E-state index in [-0.39, 0.29) is 0 Å². The Morgan fingerprint density at radius 3 is 2.58 bits per heavy atom.